The first-order chi connectivity index (χ1) is 19.4. The lowest BCUT2D eigenvalue weighted by Crippen LogP contribution is -2.47. The van der Waals surface area contributed by atoms with Crippen LogP contribution in [0, 0.1) is 0 Å². The first-order valence-electron chi connectivity index (χ1n) is 13.9. The maximum absolute atomic E-state index is 14.1. The molecule has 1 aliphatic heterocycles. The number of carbonyl (C=O) groups excluding carboxylic acids is 1. The van der Waals surface area contributed by atoms with E-state index in [4.69, 9.17) is 4.74 Å². The molecule has 8 nitrogen and oxygen atoms in total. The second-order valence-corrected chi connectivity index (χ2v) is 12.0. The third-order valence-corrected chi connectivity index (χ3v) is 9.01. The molecule has 0 bridgehead atoms. The summed E-state index contributed by atoms with van der Waals surface area (Å²) in [5.41, 5.74) is -0.0188. The normalized spacial score (nSPS) is 23.3. The Balaban J connectivity index is 1.23. The van der Waals surface area contributed by atoms with Crippen LogP contribution in [0.25, 0.3) is 0 Å². The van der Waals surface area contributed by atoms with Crippen molar-refractivity contribution >= 4 is 11.6 Å². The molecule has 3 aromatic rings. The molecule has 2 N–H and O–H groups in total. The molecule has 0 saturated heterocycles. The van der Waals surface area contributed by atoms with Crippen molar-refractivity contribution < 1.29 is 27.8 Å². The minimum atomic E-state index is -4.57. The van der Waals surface area contributed by atoms with Crippen molar-refractivity contribution in [2.45, 2.75) is 82.0 Å². The molecule has 2 saturated carbocycles. The second kappa shape index (κ2) is 9.92. The summed E-state index contributed by atoms with van der Waals surface area (Å²) in [5, 5.41) is 22.8. The Bertz CT molecular complexity index is 1490. The number of aliphatic hydroxyl groups is 1. The fourth-order valence-corrected chi connectivity index (χ4v) is 6.21. The second-order valence-electron chi connectivity index (χ2n) is 12.0. The standard InChI is InChI=1S/C30H34F3N5O3/c1-28(8-5-9-28)34-16-19-11-22-23(24(12-19)30(31,32)33)17-38(26(22)39)20-7-4-6-18(10-20)13-25-35-36-27(37(25)2)29(40)14-21(15-29)41-3/h4,6-7,10-12,21,34,40H,5,8-9,13-17H2,1-3H3. The van der Waals surface area contributed by atoms with E-state index in [9.17, 15) is 23.1 Å². The zero-order valence-corrected chi connectivity index (χ0v) is 23.4. The van der Waals surface area contributed by atoms with E-state index in [2.05, 4.69) is 22.4 Å². The van der Waals surface area contributed by atoms with Crippen LogP contribution in [-0.2, 0) is 43.1 Å². The van der Waals surface area contributed by atoms with Gasteiger partial charge in [0.2, 0.25) is 0 Å². The van der Waals surface area contributed by atoms with Crippen LogP contribution in [0.4, 0.5) is 18.9 Å². The molecule has 1 amide bonds. The van der Waals surface area contributed by atoms with Gasteiger partial charge in [0, 0.05) is 56.8 Å². The topological polar surface area (TPSA) is 92.5 Å². The minimum Gasteiger partial charge on any atom is -0.382 e. The summed E-state index contributed by atoms with van der Waals surface area (Å²) in [6.45, 7) is 2.19. The zero-order chi connectivity index (χ0) is 29.2. The summed E-state index contributed by atoms with van der Waals surface area (Å²) < 4.78 is 49.5. The molecule has 0 spiro atoms. The highest BCUT2D eigenvalue weighted by Gasteiger charge is 2.48. The monoisotopic (exact) mass is 569 g/mol. The molecular weight excluding hydrogens is 535 g/mol. The van der Waals surface area contributed by atoms with E-state index >= 15 is 0 Å². The summed E-state index contributed by atoms with van der Waals surface area (Å²) >= 11 is 0. The number of aromatic nitrogens is 3. The smallest absolute Gasteiger partial charge is 0.382 e. The van der Waals surface area contributed by atoms with E-state index < -0.39 is 23.2 Å². The number of rotatable bonds is 8. The lowest BCUT2D eigenvalue weighted by Gasteiger charge is -2.41. The molecule has 2 fully saturated rings. The minimum absolute atomic E-state index is 0.00700. The maximum atomic E-state index is 14.1. The number of nitrogens with zero attached hydrogens (tertiary/aromatic N) is 4. The van der Waals surface area contributed by atoms with Crippen molar-refractivity contribution in [2.24, 2.45) is 7.05 Å². The first kappa shape index (κ1) is 27.9. The van der Waals surface area contributed by atoms with Gasteiger partial charge >= 0.3 is 6.18 Å². The molecule has 218 valence electrons. The van der Waals surface area contributed by atoms with E-state index in [1.165, 1.54) is 11.0 Å². The molecule has 2 aromatic carbocycles. The molecule has 3 aliphatic rings. The van der Waals surface area contributed by atoms with Gasteiger partial charge in [0.1, 0.15) is 11.4 Å². The average Bonchev–Trinajstić information content (AvgIpc) is 3.43. The van der Waals surface area contributed by atoms with E-state index in [0.717, 1.165) is 24.8 Å². The van der Waals surface area contributed by atoms with Crippen molar-refractivity contribution in [3.63, 3.8) is 0 Å². The molecule has 0 unspecified atom stereocenters. The van der Waals surface area contributed by atoms with E-state index in [-0.39, 0.29) is 35.9 Å². The van der Waals surface area contributed by atoms with Crippen LogP contribution in [0.2, 0.25) is 0 Å². The van der Waals surface area contributed by atoms with Gasteiger partial charge in [-0.3, -0.25) is 4.79 Å². The van der Waals surface area contributed by atoms with Gasteiger partial charge in [-0.05, 0) is 67.1 Å². The van der Waals surface area contributed by atoms with Gasteiger partial charge in [-0.25, -0.2) is 0 Å². The van der Waals surface area contributed by atoms with Crippen LogP contribution < -0.4 is 10.2 Å². The highest BCUT2D eigenvalue weighted by atomic mass is 19.4. The number of methoxy groups -OCH3 is 1. The molecule has 2 heterocycles. The Kier molecular flexibility index (Phi) is 6.74. The summed E-state index contributed by atoms with van der Waals surface area (Å²) in [5.74, 6) is 0.651. The number of benzene rings is 2. The number of hydrogen-bond donors (Lipinski definition) is 2. The molecule has 0 radical (unpaired) electrons. The summed E-state index contributed by atoms with van der Waals surface area (Å²) in [6, 6.07) is 9.95. The Morgan fingerprint density at radius 3 is 2.56 bits per heavy atom. The number of halogens is 3. The van der Waals surface area contributed by atoms with Crippen molar-refractivity contribution in [3.05, 3.63) is 75.9 Å². The number of nitrogens with one attached hydrogen (secondary N) is 1. The molecule has 2 aliphatic carbocycles. The maximum Gasteiger partial charge on any atom is 0.416 e. The van der Waals surface area contributed by atoms with Gasteiger partial charge in [-0.15, -0.1) is 10.2 Å². The Morgan fingerprint density at radius 1 is 1.15 bits per heavy atom. The number of amides is 1. The third kappa shape index (κ3) is 5.04. The Hall–Kier alpha value is -3.28. The van der Waals surface area contributed by atoms with Crippen molar-refractivity contribution in [2.75, 3.05) is 12.0 Å². The molecule has 0 atom stereocenters. The van der Waals surface area contributed by atoms with Crippen LogP contribution in [0.3, 0.4) is 0 Å². The lowest BCUT2D eigenvalue weighted by molar-refractivity contribution is -0.139. The summed E-state index contributed by atoms with van der Waals surface area (Å²) in [4.78, 5) is 14.9. The van der Waals surface area contributed by atoms with Crippen LogP contribution in [0.15, 0.2) is 36.4 Å². The molecule has 41 heavy (non-hydrogen) atoms. The van der Waals surface area contributed by atoms with Gasteiger partial charge in [-0.1, -0.05) is 12.1 Å². The number of ether oxygens (including phenoxy) is 1. The van der Waals surface area contributed by atoms with Crippen molar-refractivity contribution in [1.82, 2.24) is 20.1 Å². The van der Waals surface area contributed by atoms with Gasteiger partial charge in [-0.2, -0.15) is 13.2 Å². The molecule has 1 aromatic heterocycles. The predicted molar refractivity (Wildman–Crippen MR) is 145 cm³/mol. The predicted octanol–water partition coefficient (Wildman–Crippen LogP) is 4.61. The number of anilines is 1. The number of carbonyl (C=O) groups is 1. The van der Waals surface area contributed by atoms with Gasteiger partial charge in [0.25, 0.3) is 5.91 Å². The molecule has 6 rings (SSSR count). The quantitative estimate of drug-likeness (QED) is 0.412. The van der Waals surface area contributed by atoms with Crippen LogP contribution in [-0.4, -0.2) is 44.5 Å². The average molecular weight is 570 g/mol. The van der Waals surface area contributed by atoms with Crippen LogP contribution >= 0.6 is 0 Å². The first-order valence-corrected chi connectivity index (χ1v) is 13.9. The van der Waals surface area contributed by atoms with Crippen molar-refractivity contribution in [1.29, 1.82) is 0 Å². The van der Waals surface area contributed by atoms with E-state index in [1.54, 1.807) is 43.0 Å². The highest BCUT2D eigenvalue weighted by molar-refractivity contribution is 6.10. The zero-order valence-electron chi connectivity index (χ0n) is 23.4. The van der Waals surface area contributed by atoms with Gasteiger partial charge in [0.15, 0.2) is 5.82 Å². The fourth-order valence-electron chi connectivity index (χ4n) is 6.21. The highest BCUT2D eigenvalue weighted by Crippen LogP contribution is 2.42. The molecular formula is C30H34F3N5O3. The Labute approximate surface area is 236 Å². The lowest BCUT2D eigenvalue weighted by atomic mass is 9.77. The SMILES string of the molecule is COC1CC(O)(c2nnc(Cc3cccc(N4Cc5c(cc(CNC6(C)CCC6)cc5C(F)(F)F)C4=O)c3)n2C)C1. The van der Waals surface area contributed by atoms with E-state index in [1.807, 2.05) is 6.07 Å². The van der Waals surface area contributed by atoms with Gasteiger partial charge in [0.05, 0.1) is 18.2 Å². The fraction of sp³-hybridized carbons (Fsp3) is 0.500. The number of fused-ring (bicyclic) bond motifs is 1. The van der Waals surface area contributed by atoms with Crippen LogP contribution in [0.5, 0.6) is 0 Å². The summed E-state index contributed by atoms with van der Waals surface area (Å²) in [6.07, 6.45) is -0.263. The molecule has 11 heteroatoms. The Morgan fingerprint density at radius 2 is 1.90 bits per heavy atom. The summed E-state index contributed by atoms with van der Waals surface area (Å²) in [7, 11) is 3.41. The van der Waals surface area contributed by atoms with Crippen LogP contribution in [0.1, 0.15) is 83.3 Å². The van der Waals surface area contributed by atoms with E-state index in [0.29, 0.717) is 42.2 Å². The number of hydrogen-bond acceptors (Lipinski definition) is 6. The van der Waals surface area contributed by atoms with Crippen molar-refractivity contribution in [3.8, 4) is 0 Å². The largest absolute Gasteiger partial charge is 0.416 e. The van der Waals surface area contributed by atoms with Gasteiger partial charge < -0.3 is 24.6 Å². The third-order valence-electron chi connectivity index (χ3n) is 9.01. The number of alkyl halides is 3.